The van der Waals surface area contributed by atoms with Crippen LogP contribution in [0.5, 0.6) is 0 Å². The molecule has 0 aromatic heterocycles. The first kappa shape index (κ1) is 11.5. The van der Waals surface area contributed by atoms with Crippen molar-refractivity contribution in [2.24, 2.45) is 0 Å². The lowest BCUT2D eigenvalue weighted by molar-refractivity contribution is -0.142. The minimum atomic E-state index is -0.974. The number of carbonyl (C=O) groups is 1. The van der Waals surface area contributed by atoms with E-state index in [1.807, 2.05) is 0 Å². The van der Waals surface area contributed by atoms with Gasteiger partial charge in [0.25, 0.3) is 0 Å². The zero-order chi connectivity index (χ0) is 11.6. The summed E-state index contributed by atoms with van der Waals surface area (Å²) in [5.74, 6) is -0.680. The molecule has 0 N–H and O–H groups in total. The van der Waals surface area contributed by atoms with Crippen LogP contribution in [0.4, 0.5) is 4.39 Å². The Labute approximate surface area is 101 Å². The lowest BCUT2D eigenvalue weighted by Crippen LogP contribution is -2.40. The Kier molecular flexibility index (Phi) is 3.25. The molecule has 1 saturated heterocycles. The number of hydrogen-bond donors (Lipinski definition) is 0. The number of hydrogen-bond acceptors (Lipinski definition) is 3. The predicted octanol–water partition coefficient (Wildman–Crippen LogP) is 2.03. The van der Waals surface area contributed by atoms with Crippen LogP contribution in [0.15, 0.2) is 24.3 Å². The molecule has 0 spiro atoms. The van der Waals surface area contributed by atoms with E-state index in [0.29, 0.717) is 11.8 Å². The Hall–Kier alpha value is -0.940. The lowest BCUT2D eigenvalue weighted by Gasteiger charge is -2.20. The Balaban J connectivity index is 2.18. The number of halogens is 2. The third-order valence-electron chi connectivity index (χ3n) is 2.52. The van der Waals surface area contributed by atoms with E-state index < -0.39 is 5.60 Å². The molecule has 1 aliphatic rings. The van der Waals surface area contributed by atoms with E-state index in [-0.39, 0.29) is 18.6 Å². The average Bonchev–Trinajstić information content (AvgIpc) is 2.64. The van der Waals surface area contributed by atoms with Crippen LogP contribution in [0.1, 0.15) is 5.56 Å². The van der Waals surface area contributed by atoms with Gasteiger partial charge in [-0.05, 0) is 17.7 Å². The molecule has 1 aromatic carbocycles. The number of rotatable bonds is 3. The molecular formula is C11H10BrFO3. The molecule has 0 amide bonds. The standard InChI is InChI=1S/C11H10BrFO3/c12-6-11(10(14)15-7-16-11)5-8-1-3-9(13)4-2-8/h1-4H,5-7H2/t11-/m0/s1. The molecule has 1 fully saturated rings. The molecule has 86 valence electrons. The van der Waals surface area contributed by atoms with E-state index in [4.69, 9.17) is 9.47 Å². The summed E-state index contributed by atoms with van der Waals surface area (Å²) in [4.78, 5) is 11.5. The van der Waals surface area contributed by atoms with Gasteiger partial charge in [0, 0.05) is 11.8 Å². The van der Waals surface area contributed by atoms with Gasteiger partial charge >= 0.3 is 5.97 Å². The van der Waals surface area contributed by atoms with Crippen molar-refractivity contribution in [1.82, 2.24) is 0 Å². The topological polar surface area (TPSA) is 35.5 Å². The van der Waals surface area contributed by atoms with Gasteiger partial charge < -0.3 is 9.47 Å². The van der Waals surface area contributed by atoms with Gasteiger partial charge in [-0.3, -0.25) is 0 Å². The highest BCUT2D eigenvalue weighted by Crippen LogP contribution is 2.27. The number of alkyl halides is 1. The van der Waals surface area contributed by atoms with Crippen LogP contribution in [0.25, 0.3) is 0 Å². The highest BCUT2D eigenvalue weighted by Gasteiger charge is 2.45. The number of carbonyl (C=O) groups excluding carboxylic acids is 1. The number of esters is 1. The molecule has 5 heteroatoms. The van der Waals surface area contributed by atoms with Crippen LogP contribution in [0.2, 0.25) is 0 Å². The first-order chi connectivity index (χ1) is 7.66. The summed E-state index contributed by atoms with van der Waals surface area (Å²) >= 11 is 3.25. The van der Waals surface area contributed by atoms with E-state index >= 15 is 0 Å². The number of cyclic esters (lactones) is 1. The van der Waals surface area contributed by atoms with E-state index in [1.54, 1.807) is 12.1 Å². The van der Waals surface area contributed by atoms with Gasteiger partial charge in [0.15, 0.2) is 12.4 Å². The first-order valence-electron chi connectivity index (χ1n) is 4.78. The highest BCUT2D eigenvalue weighted by molar-refractivity contribution is 9.09. The predicted molar refractivity (Wildman–Crippen MR) is 58.7 cm³/mol. The summed E-state index contributed by atoms with van der Waals surface area (Å²) in [5, 5.41) is 0.357. The van der Waals surface area contributed by atoms with Crippen molar-refractivity contribution in [3.63, 3.8) is 0 Å². The molecule has 2 rings (SSSR count). The Morgan fingerprint density at radius 2 is 2.06 bits per heavy atom. The van der Waals surface area contributed by atoms with Gasteiger partial charge in [0.1, 0.15) is 5.82 Å². The van der Waals surface area contributed by atoms with Crippen LogP contribution in [0.3, 0.4) is 0 Å². The summed E-state index contributed by atoms with van der Waals surface area (Å²) in [5.41, 5.74) is -0.141. The maximum atomic E-state index is 12.7. The fourth-order valence-corrected chi connectivity index (χ4v) is 2.17. The lowest BCUT2D eigenvalue weighted by atomic mass is 9.97. The quantitative estimate of drug-likeness (QED) is 0.631. The molecule has 1 atom stereocenters. The summed E-state index contributed by atoms with van der Waals surface area (Å²) in [7, 11) is 0. The minimum absolute atomic E-state index is 0.0222. The zero-order valence-electron chi connectivity index (χ0n) is 8.41. The Morgan fingerprint density at radius 1 is 1.38 bits per heavy atom. The van der Waals surface area contributed by atoms with Gasteiger partial charge in [0.05, 0.1) is 0 Å². The van der Waals surface area contributed by atoms with Crippen molar-refractivity contribution in [2.75, 3.05) is 12.1 Å². The van der Waals surface area contributed by atoms with Crippen LogP contribution in [-0.4, -0.2) is 23.7 Å². The second-order valence-corrected chi connectivity index (χ2v) is 4.19. The van der Waals surface area contributed by atoms with Crippen molar-refractivity contribution in [2.45, 2.75) is 12.0 Å². The molecule has 0 bridgehead atoms. The van der Waals surface area contributed by atoms with Crippen molar-refractivity contribution in [1.29, 1.82) is 0 Å². The fourth-order valence-electron chi connectivity index (χ4n) is 1.58. The minimum Gasteiger partial charge on any atom is -0.436 e. The van der Waals surface area contributed by atoms with Crippen molar-refractivity contribution in [3.8, 4) is 0 Å². The summed E-state index contributed by atoms with van der Waals surface area (Å²) < 4.78 is 22.8. The third kappa shape index (κ3) is 2.10. The Morgan fingerprint density at radius 3 is 2.56 bits per heavy atom. The van der Waals surface area contributed by atoms with Gasteiger partial charge in [-0.1, -0.05) is 28.1 Å². The molecular weight excluding hydrogens is 279 g/mol. The number of benzene rings is 1. The fraction of sp³-hybridized carbons (Fsp3) is 0.364. The van der Waals surface area contributed by atoms with Gasteiger partial charge in [-0.2, -0.15) is 0 Å². The van der Waals surface area contributed by atoms with Crippen molar-refractivity contribution in [3.05, 3.63) is 35.6 Å². The summed E-state index contributed by atoms with van der Waals surface area (Å²) in [6.07, 6.45) is 0.372. The SMILES string of the molecule is O=C1OCO[C@]1(CBr)Cc1ccc(F)cc1. The molecule has 0 unspecified atom stereocenters. The smallest absolute Gasteiger partial charge is 0.341 e. The summed E-state index contributed by atoms with van der Waals surface area (Å²) in [6.45, 7) is -0.0222. The third-order valence-corrected chi connectivity index (χ3v) is 3.42. The average molecular weight is 289 g/mol. The normalized spacial score (nSPS) is 24.5. The van der Waals surface area contributed by atoms with Gasteiger partial charge in [-0.25, -0.2) is 9.18 Å². The van der Waals surface area contributed by atoms with Crippen LogP contribution >= 0.6 is 15.9 Å². The molecule has 3 nitrogen and oxygen atoms in total. The molecule has 16 heavy (non-hydrogen) atoms. The zero-order valence-corrected chi connectivity index (χ0v) is 10.00. The Bertz CT molecular complexity index is 393. The van der Waals surface area contributed by atoms with E-state index in [2.05, 4.69) is 15.9 Å². The molecule has 0 radical (unpaired) electrons. The van der Waals surface area contributed by atoms with Crippen LogP contribution in [-0.2, 0) is 20.7 Å². The van der Waals surface area contributed by atoms with Crippen molar-refractivity contribution >= 4 is 21.9 Å². The monoisotopic (exact) mass is 288 g/mol. The second-order valence-electron chi connectivity index (χ2n) is 3.63. The molecule has 1 aromatic rings. The van der Waals surface area contributed by atoms with E-state index in [0.717, 1.165) is 5.56 Å². The van der Waals surface area contributed by atoms with Gasteiger partial charge in [0.2, 0.25) is 0 Å². The maximum absolute atomic E-state index is 12.7. The van der Waals surface area contributed by atoms with Gasteiger partial charge in [-0.15, -0.1) is 0 Å². The van der Waals surface area contributed by atoms with Crippen LogP contribution in [0, 0.1) is 5.82 Å². The maximum Gasteiger partial charge on any atom is 0.341 e. The number of ether oxygens (including phenoxy) is 2. The highest BCUT2D eigenvalue weighted by atomic mass is 79.9. The summed E-state index contributed by atoms with van der Waals surface area (Å²) in [6, 6.07) is 5.98. The van der Waals surface area contributed by atoms with Crippen LogP contribution < -0.4 is 0 Å². The first-order valence-corrected chi connectivity index (χ1v) is 5.90. The second kappa shape index (κ2) is 4.51. The molecule has 1 heterocycles. The largest absolute Gasteiger partial charge is 0.436 e. The van der Waals surface area contributed by atoms with E-state index in [9.17, 15) is 9.18 Å². The molecule has 1 aliphatic heterocycles. The molecule has 0 aliphatic carbocycles. The van der Waals surface area contributed by atoms with E-state index in [1.165, 1.54) is 12.1 Å². The molecule has 0 saturated carbocycles. The van der Waals surface area contributed by atoms with Crippen molar-refractivity contribution < 1.29 is 18.7 Å².